The average molecular weight is 194 g/mol. The van der Waals surface area contributed by atoms with Crippen LogP contribution in [0.5, 0.6) is 0 Å². The third-order valence-electron chi connectivity index (χ3n) is 2.48. The minimum atomic E-state index is 0.349. The van der Waals surface area contributed by atoms with Crippen LogP contribution >= 0.6 is 0 Å². The van der Waals surface area contributed by atoms with Crippen molar-refractivity contribution in [1.82, 2.24) is 5.32 Å². The number of aliphatic imine (C=N–C) groups is 1. The molecule has 2 nitrogen and oxygen atoms in total. The smallest absolute Gasteiger partial charge is 0.103 e. The number of nitrogens with one attached hydrogen (secondary N) is 1. The minimum Gasteiger partial charge on any atom is -0.290 e. The van der Waals surface area contributed by atoms with Crippen LogP contribution in [0.2, 0.25) is 0 Å². The molecule has 0 fully saturated rings. The van der Waals surface area contributed by atoms with E-state index in [1.165, 1.54) is 32.1 Å². The van der Waals surface area contributed by atoms with Gasteiger partial charge in [0.15, 0.2) is 0 Å². The highest BCUT2D eigenvalue weighted by atomic mass is 15.1. The molecule has 1 aliphatic rings. The van der Waals surface area contributed by atoms with E-state index < -0.39 is 0 Å². The molecule has 0 saturated heterocycles. The number of nitrogens with zero attached hydrogens (tertiary/aromatic N) is 1. The second-order valence-corrected chi connectivity index (χ2v) is 3.81. The number of hydrogen-bond acceptors (Lipinski definition) is 2. The van der Waals surface area contributed by atoms with Crippen molar-refractivity contribution in [3.05, 3.63) is 12.2 Å². The molecule has 1 N–H and O–H groups in total. The van der Waals surface area contributed by atoms with Gasteiger partial charge in [0.2, 0.25) is 0 Å². The lowest BCUT2D eigenvalue weighted by molar-refractivity contribution is 0.610. The molecule has 0 amide bonds. The summed E-state index contributed by atoms with van der Waals surface area (Å²) in [4.78, 5) is 4.30. The van der Waals surface area contributed by atoms with Crippen LogP contribution in [-0.2, 0) is 0 Å². The maximum atomic E-state index is 4.30. The van der Waals surface area contributed by atoms with Crippen molar-refractivity contribution in [2.45, 2.75) is 51.6 Å². The molecule has 2 heteroatoms. The molecule has 0 radical (unpaired) electrons. The summed E-state index contributed by atoms with van der Waals surface area (Å²) in [5.41, 5.74) is 0. The first kappa shape index (κ1) is 11.4. The maximum absolute atomic E-state index is 4.30. The normalized spacial score (nSPS) is 21.1. The molecule has 0 aromatic rings. The molecule has 0 bridgehead atoms. The molecular formula is C12H22N2. The van der Waals surface area contributed by atoms with Gasteiger partial charge >= 0.3 is 0 Å². The maximum Gasteiger partial charge on any atom is 0.103 e. The Kier molecular flexibility index (Phi) is 6.33. The molecule has 0 aromatic carbocycles. The van der Waals surface area contributed by atoms with E-state index in [-0.39, 0.29) is 0 Å². The van der Waals surface area contributed by atoms with Crippen LogP contribution < -0.4 is 5.32 Å². The Hall–Kier alpha value is -0.630. The van der Waals surface area contributed by atoms with Gasteiger partial charge in [0, 0.05) is 19.2 Å². The third kappa shape index (κ3) is 5.18. The van der Waals surface area contributed by atoms with Crippen LogP contribution in [-0.4, -0.2) is 18.9 Å². The van der Waals surface area contributed by atoms with Crippen molar-refractivity contribution in [2.24, 2.45) is 4.99 Å². The Morgan fingerprint density at radius 1 is 1.36 bits per heavy atom. The zero-order chi connectivity index (χ0) is 10.1. The zero-order valence-corrected chi connectivity index (χ0v) is 9.21. The van der Waals surface area contributed by atoms with E-state index in [2.05, 4.69) is 29.4 Å². The highest BCUT2D eigenvalue weighted by molar-refractivity contribution is 5.61. The van der Waals surface area contributed by atoms with Gasteiger partial charge in [0.1, 0.15) is 6.17 Å². The first-order valence-corrected chi connectivity index (χ1v) is 5.83. The second kappa shape index (κ2) is 7.74. The van der Waals surface area contributed by atoms with Crippen molar-refractivity contribution < 1.29 is 0 Å². The molecule has 0 saturated carbocycles. The molecule has 1 unspecified atom stereocenters. The highest BCUT2D eigenvalue weighted by Crippen LogP contribution is 2.04. The van der Waals surface area contributed by atoms with Gasteiger partial charge in [0.05, 0.1) is 0 Å². The molecule has 0 aromatic heterocycles. The summed E-state index contributed by atoms with van der Waals surface area (Å²) in [7, 11) is 0. The van der Waals surface area contributed by atoms with Crippen molar-refractivity contribution in [2.75, 3.05) is 6.54 Å². The lowest BCUT2D eigenvalue weighted by Gasteiger charge is -2.02. The number of unbranched alkanes of at least 4 members (excludes halogenated alkanes) is 4. The van der Waals surface area contributed by atoms with Gasteiger partial charge in [-0.05, 0) is 12.8 Å². The summed E-state index contributed by atoms with van der Waals surface area (Å²) < 4.78 is 0. The van der Waals surface area contributed by atoms with E-state index in [1.807, 2.05) is 6.21 Å². The molecule has 0 aliphatic carbocycles. The molecule has 1 heterocycles. The van der Waals surface area contributed by atoms with Crippen LogP contribution in [0.3, 0.4) is 0 Å². The topological polar surface area (TPSA) is 24.4 Å². The molecule has 80 valence electrons. The van der Waals surface area contributed by atoms with Gasteiger partial charge < -0.3 is 0 Å². The van der Waals surface area contributed by atoms with E-state index in [9.17, 15) is 0 Å². The van der Waals surface area contributed by atoms with Gasteiger partial charge in [0.25, 0.3) is 0 Å². The fraction of sp³-hybridized carbons (Fsp3) is 0.750. The Balaban J connectivity index is 1.90. The third-order valence-corrected chi connectivity index (χ3v) is 2.48. The molecule has 1 aliphatic heterocycles. The molecule has 0 spiro atoms. The summed E-state index contributed by atoms with van der Waals surface area (Å²) in [5, 5.41) is 3.29. The van der Waals surface area contributed by atoms with E-state index in [4.69, 9.17) is 0 Å². The summed E-state index contributed by atoms with van der Waals surface area (Å²) >= 11 is 0. The molecule has 1 atom stereocenters. The number of hydrogen-bond donors (Lipinski definition) is 1. The van der Waals surface area contributed by atoms with Crippen molar-refractivity contribution in [3.63, 3.8) is 0 Å². The summed E-state index contributed by atoms with van der Waals surface area (Å²) in [6.45, 7) is 3.19. The van der Waals surface area contributed by atoms with Gasteiger partial charge in [-0.25, -0.2) is 0 Å². The Morgan fingerprint density at radius 3 is 3.00 bits per heavy atom. The second-order valence-electron chi connectivity index (χ2n) is 3.81. The fourth-order valence-electron chi connectivity index (χ4n) is 1.60. The van der Waals surface area contributed by atoms with Gasteiger partial charge in [-0.15, -0.1) is 0 Å². The fourth-order valence-corrected chi connectivity index (χ4v) is 1.60. The average Bonchev–Trinajstić information content (AvgIpc) is 2.69. The monoisotopic (exact) mass is 194 g/mol. The van der Waals surface area contributed by atoms with Crippen molar-refractivity contribution >= 4 is 6.21 Å². The largest absolute Gasteiger partial charge is 0.290 e. The van der Waals surface area contributed by atoms with Crippen molar-refractivity contribution in [3.8, 4) is 0 Å². The highest BCUT2D eigenvalue weighted by Gasteiger charge is 2.05. The summed E-state index contributed by atoms with van der Waals surface area (Å²) in [5.74, 6) is 0. The molecular weight excluding hydrogens is 172 g/mol. The lowest BCUT2D eigenvalue weighted by Crippen LogP contribution is -2.20. The van der Waals surface area contributed by atoms with E-state index in [0.717, 1.165) is 13.0 Å². The van der Waals surface area contributed by atoms with Crippen LogP contribution in [0.15, 0.2) is 17.1 Å². The SMILES string of the molecule is CCCCCC/C=C/CC1N=CCN1. The van der Waals surface area contributed by atoms with Crippen molar-refractivity contribution in [1.29, 1.82) is 0 Å². The quantitative estimate of drug-likeness (QED) is 0.489. The van der Waals surface area contributed by atoms with Crippen LogP contribution in [0.25, 0.3) is 0 Å². The first-order valence-electron chi connectivity index (χ1n) is 5.83. The van der Waals surface area contributed by atoms with Gasteiger partial charge in [-0.2, -0.15) is 0 Å². The first-order chi connectivity index (χ1) is 6.93. The lowest BCUT2D eigenvalue weighted by atomic mass is 10.1. The predicted octanol–water partition coefficient (Wildman–Crippen LogP) is 2.90. The summed E-state index contributed by atoms with van der Waals surface area (Å²) in [6.07, 6.45) is 14.6. The molecule has 1 rings (SSSR count). The van der Waals surface area contributed by atoms with E-state index in [0.29, 0.717) is 6.17 Å². The van der Waals surface area contributed by atoms with E-state index >= 15 is 0 Å². The number of rotatable bonds is 7. The van der Waals surface area contributed by atoms with Crippen LogP contribution in [0, 0.1) is 0 Å². The standard InChI is InChI=1S/C12H22N2/c1-2-3-4-5-6-7-8-9-12-13-10-11-14-12/h7-8,10,12,14H,2-6,9,11H2,1H3/b8-7+. The van der Waals surface area contributed by atoms with Crippen LogP contribution in [0.4, 0.5) is 0 Å². The summed E-state index contributed by atoms with van der Waals surface area (Å²) in [6, 6.07) is 0. The Morgan fingerprint density at radius 2 is 2.29 bits per heavy atom. The van der Waals surface area contributed by atoms with E-state index in [1.54, 1.807) is 0 Å². The zero-order valence-electron chi connectivity index (χ0n) is 9.21. The Labute approximate surface area is 87.5 Å². The Bertz CT molecular complexity index is 185. The van der Waals surface area contributed by atoms with Gasteiger partial charge in [-0.3, -0.25) is 10.3 Å². The van der Waals surface area contributed by atoms with Crippen LogP contribution in [0.1, 0.15) is 45.4 Å². The molecule has 14 heavy (non-hydrogen) atoms. The number of allylic oxidation sites excluding steroid dienone is 1. The predicted molar refractivity (Wildman–Crippen MR) is 62.8 cm³/mol. The minimum absolute atomic E-state index is 0.349. The van der Waals surface area contributed by atoms with Gasteiger partial charge in [-0.1, -0.05) is 38.3 Å².